The Labute approximate surface area is 169 Å². The minimum Gasteiger partial charge on any atom is -0.356 e. The molecule has 158 valence electrons. The monoisotopic (exact) mass is 390 g/mol. The van der Waals surface area contributed by atoms with Crippen LogP contribution in [0.2, 0.25) is 0 Å². The summed E-state index contributed by atoms with van der Waals surface area (Å²) in [6.07, 6.45) is 10.5. The second-order valence-corrected chi connectivity index (χ2v) is 10.2. The van der Waals surface area contributed by atoms with Crippen LogP contribution in [-0.2, 0) is 4.79 Å². The van der Waals surface area contributed by atoms with Gasteiger partial charge in [-0.3, -0.25) is 4.79 Å². The average molecular weight is 391 g/mol. The van der Waals surface area contributed by atoms with Gasteiger partial charge in [0, 0.05) is 31.6 Å². The summed E-state index contributed by atoms with van der Waals surface area (Å²) in [4.78, 5) is 27.0. The Balaban J connectivity index is 1.10. The molecular formula is C22H38N4O2. The molecule has 3 N–H and O–H groups in total. The third-order valence-electron chi connectivity index (χ3n) is 7.47. The fourth-order valence-corrected chi connectivity index (χ4v) is 6.69. The molecule has 4 bridgehead atoms. The maximum Gasteiger partial charge on any atom is 0.315 e. The summed E-state index contributed by atoms with van der Waals surface area (Å²) in [5.74, 6) is 2.96. The SMILES string of the molecule is CC(CNC(=O)CCNC(=O)NC12CC3CC(CC(C3)C1)C2)CN1CCCC1. The first-order valence-electron chi connectivity index (χ1n) is 11.5. The van der Waals surface area contributed by atoms with E-state index in [4.69, 9.17) is 0 Å². The molecule has 0 aromatic carbocycles. The summed E-state index contributed by atoms with van der Waals surface area (Å²) in [5.41, 5.74) is 0.0338. The van der Waals surface area contributed by atoms with E-state index in [-0.39, 0.29) is 17.5 Å². The first-order valence-corrected chi connectivity index (χ1v) is 11.5. The molecule has 4 saturated carbocycles. The summed E-state index contributed by atoms with van der Waals surface area (Å²) in [7, 11) is 0. The molecule has 5 rings (SSSR count). The van der Waals surface area contributed by atoms with Crippen LogP contribution in [0, 0.1) is 23.7 Å². The summed E-state index contributed by atoms with van der Waals surface area (Å²) in [6, 6.07) is -0.0860. The van der Waals surface area contributed by atoms with Crippen molar-refractivity contribution in [1.82, 2.24) is 20.9 Å². The van der Waals surface area contributed by atoms with Crippen molar-refractivity contribution in [2.45, 2.75) is 70.3 Å². The highest BCUT2D eigenvalue weighted by atomic mass is 16.2. The van der Waals surface area contributed by atoms with Crippen LogP contribution in [0.3, 0.4) is 0 Å². The number of rotatable bonds is 8. The molecule has 5 aliphatic rings. The predicted octanol–water partition coefficient (Wildman–Crippen LogP) is 2.49. The minimum atomic E-state index is -0.0860. The van der Waals surface area contributed by atoms with Gasteiger partial charge in [0.05, 0.1) is 0 Å². The van der Waals surface area contributed by atoms with Gasteiger partial charge in [-0.25, -0.2) is 4.79 Å². The van der Waals surface area contributed by atoms with Gasteiger partial charge in [-0.1, -0.05) is 6.92 Å². The van der Waals surface area contributed by atoms with Crippen LogP contribution in [0.15, 0.2) is 0 Å². The van der Waals surface area contributed by atoms with Crippen LogP contribution >= 0.6 is 0 Å². The van der Waals surface area contributed by atoms with Gasteiger partial charge in [0.1, 0.15) is 0 Å². The van der Waals surface area contributed by atoms with E-state index in [1.54, 1.807) is 0 Å². The number of likely N-dealkylation sites (tertiary alicyclic amines) is 1. The largest absolute Gasteiger partial charge is 0.356 e. The van der Waals surface area contributed by atoms with Gasteiger partial charge in [-0.15, -0.1) is 0 Å². The second kappa shape index (κ2) is 8.60. The van der Waals surface area contributed by atoms with Crippen LogP contribution in [0.1, 0.15) is 64.7 Å². The number of urea groups is 1. The van der Waals surface area contributed by atoms with Crippen LogP contribution in [0.4, 0.5) is 4.79 Å². The predicted molar refractivity (Wildman–Crippen MR) is 110 cm³/mol. The quantitative estimate of drug-likeness (QED) is 0.596. The summed E-state index contributed by atoms with van der Waals surface area (Å²) >= 11 is 0. The van der Waals surface area contributed by atoms with Crippen molar-refractivity contribution in [3.05, 3.63) is 0 Å². The first-order chi connectivity index (χ1) is 13.5. The molecule has 6 heteroatoms. The molecule has 1 unspecified atom stereocenters. The topological polar surface area (TPSA) is 73.5 Å². The fraction of sp³-hybridized carbons (Fsp3) is 0.909. The third-order valence-corrected chi connectivity index (χ3v) is 7.47. The standard InChI is InChI=1S/C22H38N4O2/c1-16(15-26-6-2-3-7-26)14-24-20(27)4-5-23-21(28)25-22-11-17-8-18(12-22)10-19(9-17)13-22/h16-19H,2-15H2,1H3,(H,24,27)(H2,23,25,28). The van der Waals surface area contributed by atoms with Gasteiger partial charge in [-0.2, -0.15) is 0 Å². The summed E-state index contributed by atoms with van der Waals surface area (Å²) in [5, 5.41) is 9.24. The molecule has 3 amide bonds. The Bertz CT molecular complexity index is 538. The molecule has 1 atom stereocenters. The highest BCUT2D eigenvalue weighted by Gasteiger charge is 2.51. The van der Waals surface area contributed by atoms with Crippen LogP contribution < -0.4 is 16.0 Å². The zero-order chi connectivity index (χ0) is 19.6. The molecule has 1 aliphatic heterocycles. The molecule has 28 heavy (non-hydrogen) atoms. The van der Waals surface area contributed by atoms with E-state index in [0.717, 1.165) is 50.1 Å². The lowest BCUT2D eigenvalue weighted by atomic mass is 9.53. The zero-order valence-electron chi connectivity index (χ0n) is 17.5. The lowest BCUT2D eigenvalue weighted by Crippen LogP contribution is -2.61. The summed E-state index contributed by atoms with van der Waals surface area (Å²) < 4.78 is 0. The van der Waals surface area contributed by atoms with E-state index in [1.165, 1.54) is 45.2 Å². The van der Waals surface area contributed by atoms with Crippen molar-refractivity contribution in [2.24, 2.45) is 23.7 Å². The van der Waals surface area contributed by atoms with Gasteiger partial charge in [0.15, 0.2) is 0 Å². The molecule has 1 heterocycles. The molecule has 0 aromatic rings. The van der Waals surface area contributed by atoms with E-state index < -0.39 is 0 Å². The molecular weight excluding hydrogens is 352 g/mol. The van der Waals surface area contributed by atoms with Gasteiger partial charge >= 0.3 is 6.03 Å². The molecule has 0 spiro atoms. The first kappa shape index (κ1) is 20.0. The van der Waals surface area contributed by atoms with Crippen LogP contribution in [0.5, 0.6) is 0 Å². The van der Waals surface area contributed by atoms with Gasteiger partial charge in [-0.05, 0) is 88.1 Å². The lowest BCUT2D eigenvalue weighted by molar-refractivity contribution is -0.121. The Kier molecular flexibility index (Phi) is 6.14. The van der Waals surface area contributed by atoms with Gasteiger partial charge in [0.2, 0.25) is 5.91 Å². The van der Waals surface area contributed by atoms with E-state index in [9.17, 15) is 9.59 Å². The number of carbonyl (C=O) groups is 2. The molecule has 1 saturated heterocycles. The van der Waals surface area contributed by atoms with Crippen molar-refractivity contribution in [3.8, 4) is 0 Å². The van der Waals surface area contributed by atoms with Crippen molar-refractivity contribution in [1.29, 1.82) is 0 Å². The Morgan fingerprint density at radius 1 is 1.00 bits per heavy atom. The van der Waals surface area contributed by atoms with E-state index in [1.807, 2.05) is 0 Å². The smallest absolute Gasteiger partial charge is 0.315 e. The zero-order valence-corrected chi connectivity index (χ0v) is 17.5. The molecule has 4 aliphatic carbocycles. The number of hydrogen-bond donors (Lipinski definition) is 3. The second-order valence-electron chi connectivity index (χ2n) is 10.2. The highest BCUT2D eigenvalue weighted by molar-refractivity contribution is 5.78. The molecule has 5 fully saturated rings. The molecule has 0 aromatic heterocycles. The number of nitrogens with one attached hydrogen (secondary N) is 3. The average Bonchev–Trinajstić information content (AvgIpc) is 3.11. The van der Waals surface area contributed by atoms with Crippen molar-refractivity contribution < 1.29 is 9.59 Å². The molecule has 6 nitrogen and oxygen atoms in total. The third kappa shape index (κ3) is 5.00. The molecule has 0 radical (unpaired) electrons. The van der Waals surface area contributed by atoms with E-state index in [0.29, 0.717) is 18.9 Å². The van der Waals surface area contributed by atoms with Crippen LogP contribution in [-0.4, -0.2) is 55.1 Å². The Hall–Kier alpha value is -1.30. The van der Waals surface area contributed by atoms with Crippen molar-refractivity contribution in [2.75, 3.05) is 32.7 Å². The van der Waals surface area contributed by atoms with E-state index >= 15 is 0 Å². The normalized spacial score (nSPS) is 35.0. The van der Waals surface area contributed by atoms with Crippen LogP contribution in [0.25, 0.3) is 0 Å². The Morgan fingerprint density at radius 2 is 1.61 bits per heavy atom. The van der Waals surface area contributed by atoms with Gasteiger partial charge < -0.3 is 20.9 Å². The highest BCUT2D eigenvalue weighted by Crippen LogP contribution is 2.55. The fourth-order valence-electron chi connectivity index (χ4n) is 6.69. The van der Waals surface area contributed by atoms with Crippen molar-refractivity contribution in [3.63, 3.8) is 0 Å². The maximum atomic E-state index is 12.4. The number of nitrogens with zero attached hydrogens (tertiary/aromatic N) is 1. The summed E-state index contributed by atoms with van der Waals surface area (Å²) in [6.45, 7) is 6.77. The lowest BCUT2D eigenvalue weighted by Gasteiger charge is -2.56. The number of hydrogen-bond acceptors (Lipinski definition) is 3. The van der Waals surface area contributed by atoms with E-state index in [2.05, 4.69) is 27.8 Å². The maximum absolute atomic E-state index is 12.4. The minimum absolute atomic E-state index is 0.0309. The number of amides is 3. The number of carbonyl (C=O) groups excluding carboxylic acids is 2. The van der Waals surface area contributed by atoms with Gasteiger partial charge in [0.25, 0.3) is 0 Å². The van der Waals surface area contributed by atoms with Crippen molar-refractivity contribution >= 4 is 11.9 Å². The Morgan fingerprint density at radius 3 is 2.21 bits per heavy atom.